The molecule has 0 saturated carbocycles. The summed E-state index contributed by atoms with van der Waals surface area (Å²) in [6.45, 7) is 5.72. The predicted molar refractivity (Wildman–Crippen MR) is 214 cm³/mol. The Hall–Kier alpha value is -3.22. The highest BCUT2D eigenvalue weighted by Gasteiger charge is 2.18. The summed E-state index contributed by atoms with van der Waals surface area (Å²) in [5, 5.41) is 14.5. The smallest absolute Gasteiger partial charge is 0.0346 e. The van der Waals surface area contributed by atoms with Crippen LogP contribution in [0.2, 0.25) is 0 Å². The number of halogens is 4. The molecule has 0 aromatic heterocycles. The van der Waals surface area contributed by atoms with E-state index in [2.05, 4.69) is 130 Å². The Morgan fingerprint density at radius 1 is 0.396 bits per heavy atom. The van der Waals surface area contributed by atoms with Crippen molar-refractivity contribution in [3.63, 3.8) is 0 Å². The van der Waals surface area contributed by atoms with Crippen LogP contribution in [0.4, 0.5) is 11.4 Å². The van der Waals surface area contributed by atoms with Crippen LogP contribution in [0.25, 0.3) is 22.3 Å². The Morgan fingerprint density at radius 2 is 0.833 bits per heavy atom. The van der Waals surface area contributed by atoms with Gasteiger partial charge in [-0.15, -0.1) is 49.6 Å². The van der Waals surface area contributed by atoms with Crippen LogP contribution in [0.3, 0.4) is 0 Å². The number of benzene rings is 5. The van der Waals surface area contributed by atoms with Crippen LogP contribution in [-0.4, -0.2) is 26.2 Å². The molecule has 254 valence electrons. The fourth-order valence-electron chi connectivity index (χ4n) is 6.67. The van der Waals surface area contributed by atoms with E-state index < -0.39 is 0 Å². The first-order valence-electron chi connectivity index (χ1n) is 16.2. The number of rotatable bonds is 14. The first kappa shape index (κ1) is 39.2. The Bertz CT molecular complexity index is 1640. The van der Waals surface area contributed by atoms with Gasteiger partial charge in [0.1, 0.15) is 0 Å². The zero-order valence-corrected chi connectivity index (χ0v) is 30.4. The molecule has 0 spiro atoms. The normalized spacial score (nSPS) is 11.3. The second kappa shape index (κ2) is 19.1. The maximum atomic E-state index is 3.62. The van der Waals surface area contributed by atoms with Crippen molar-refractivity contribution in [2.75, 3.05) is 36.8 Å². The van der Waals surface area contributed by atoms with Gasteiger partial charge in [-0.25, -0.2) is 0 Å². The third-order valence-electron chi connectivity index (χ3n) is 8.97. The topological polar surface area (TPSA) is 48.1 Å². The van der Waals surface area contributed by atoms with E-state index >= 15 is 0 Å². The summed E-state index contributed by atoms with van der Waals surface area (Å²) in [7, 11) is 0. The largest absolute Gasteiger partial charge is 0.385 e. The van der Waals surface area contributed by atoms with Crippen LogP contribution in [0.5, 0.6) is 0 Å². The van der Waals surface area contributed by atoms with Gasteiger partial charge in [-0.05, 0) is 119 Å². The number of fused-ring (bicyclic) bond motifs is 6. The highest BCUT2D eigenvalue weighted by molar-refractivity contribution is 5.86. The molecule has 0 heterocycles. The molecule has 7 rings (SSSR count). The lowest BCUT2D eigenvalue weighted by Gasteiger charge is -2.11. The number of hydrogen-bond acceptors (Lipinski definition) is 4. The van der Waals surface area contributed by atoms with E-state index in [-0.39, 0.29) is 49.6 Å². The molecular weight excluding hydrogens is 678 g/mol. The first-order chi connectivity index (χ1) is 21.8. The zero-order valence-electron chi connectivity index (χ0n) is 27.1. The Labute approximate surface area is 310 Å². The van der Waals surface area contributed by atoms with Crippen molar-refractivity contribution < 1.29 is 0 Å². The lowest BCUT2D eigenvalue weighted by atomic mass is 10.1. The highest BCUT2D eigenvalue weighted by atomic mass is 35.5. The summed E-state index contributed by atoms with van der Waals surface area (Å²) in [5.41, 5.74) is 16.4. The standard InChI is InChI=1S/C40H42N4.4ClH/c1-3-12-37-31(10-1)23-33-14-16-35(25-39(33)37)43-20-6-18-41-27-29-8-5-9-30(22-29)28-42-19-7-21-44-36-17-15-34-24-32-11-2-4-13-38(32)40(34)26-36;;;;/h1-5,8-17,22,25-26,41-44H,6-7,18-21,23-24,27-28H2;4*1H. The van der Waals surface area contributed by atoms with Gasteiger partial charge in [-0.1, -0.05) is 84.9 Å². The second-order valence-electron chi connectivity index (χ2n) is 12.1. The predicted octanol–water partition coefficient (Wildman–Crippen LogP) is 9.70. The van der Waals surface area contributed by atoms with Crippen molar-refractivity contribution in [3.05, 3.63) is 143 Å². The van der Waals surface area contributed by atoms with Gasteiger partial charge in [-0.2, -0.15) is 0 Å². The second-order valence-corrected chi connectivity index (χ2v) is 12.1. The SMILES string of the molecule is Cl.Cl.Cl.Cl.c1cc(CNCCCNc2ccc3c(c2)-c2ccccc2C3)cc(CNCCCNc2ccc3c(c2)-c2ccccc2C3)c1. The molecular formula is C40H46Cl4N4. The first-order valence-corrected chi connectivity index (χ1v) is 16.2. The maximum absolute atomic E-state index is 3.62. The summed E-state index contributed by atoms with van der Waals surface area (Å²) in [5.74, 6) is 0. The van der Waals surface area contributed by atoms with Gasteiger partial charge >= 0.3 is 0 Å². The van der Waals surface area contributed by atoms with Crippen LogP contribution in [0, 0.1) is 0 Å². The quantitative estimate of drug-likeness (QED) is 0.0845. The van der Waals surface area contributed by atoms with E-state index in [1.54, 1.807) is 0 Å². The van der Waals surface area contributed by atoms with Gasteiger partial charge in [0.25, 0.3) is 0 Å². The molecule has 0 saturated heterocycles. The van der Waals surface area contributed by atoms with Crippen molar-refractivity contribution >= 4 is 61.0 Å². The summed E-state index contributed by atoms with van der Waals surface area (Å²) in [6.07, 6.45) is 4.27. The minimum Gasteiger partial charge on any atom is -0.385 e. The third kappa shape index (κ3) is 9.47. The van der Waals surface area contributed by atoms with E-state index in [0.29, 0.717) is 0 Å². The third-order valence-corrected chi connectivity index (χ3v) is 8.97. The fourth-order valence-corrected chi connectivity index (χ4v) is 6.67. The number of anilines is 2. The van der Waals surface area contributed by atoms with Crippen molar-refractivity contribution in [2.45, 2.75) is 38.8 Å². The molecule has 8 heteroatoms. The molecule has 4 nitrogen and oxygen atoms in total. The van der Waals surface area contributed by atoms with Crippen LogP contribution in [0.1, 0.15) is 46.2 Å². The zero-order chi connectivity index (χ0) is 29.6. The molecule has 0 aliphatic heterocycles. The molecule has 0 atom stereocenters. The maximum Gasteiger partial charge on any atom is 0.0346 e. The van der Waals surface area contributed by atoms with Crippen molar-refractivity contribution in [1.82, 2.24) is 10.6 Å². The van der Waals surface area contributed by atoms with Crippen LogP contribution >= 0.6 is 49.6 Å². The van der Waals surface area contributed by atoms with Gasteiger partial charge in [0.05, 0.1) is 0 Å². The van der Waals surface area contributed by atoms with Crippen LogP contribution in [-0.2, 0) is 25.9 Å². The van der Waals surface area contributed by atoms with Crippen LogP contribution in [0.15, 0.2) is 109 Å². The molecule has 0 amide bonds. The molecule has 0 bridgehead atoms. The Kier molecular flexibility index (Phi) is 15.6. The van der Waals surface area contributed by atoms with Crippen molar-refractivity contribution in [2.24, 2.45) is 0 Å². The monoisotopic (exact) mass is 722 g/mol. The van der Waals surface area contributed by atoms with Crippen molar-refractivity contribution in [1.29, 1.82) is 0 Å². The van der Waals surface area contributed by atoms with Crippen LogP contribution < -0.4 is 21.3 Å². The number of hydrogen-bond donors (Lipinski definition) is 4. The summed E-state index contributed by atoms with van der Waals surface area (Å²) >= 11 is 0. The molecule has 48 heavy (non-hydrogen) atoms. The molecule has 0 fully saturated rings. The van der Waals surface area contributed by atoms with E-state index in [1.165, 1.54) is 67.0 Å². The lowest BCUT2D eigenvalue weighted by molar-refractivity contribution is 0.654. The molecule has 2 aliphatic carbocycles. The van der Waals surface area contributed by atoms with Gasteiger partial charge in [-0.3, -0.25) is 0 Å². The summed E-state index contributed by atoms with van der Waals surface area (Å²) in [6, 6.07) is 40.1. The molecule has 2 aliphatic rings. The van der Waals surface area contributed by atoms with Gasteiger partial charge < -0.3 is 21.3 Å². The Morgan fingerprint density at radius 3 is 1.31 bits per heavy atom. The lowest BCUT2D eigenvalue weighted by Crippen LogP contribution is -2.19. The van der Waals surface area contributed by atoms with E-state index in [9.17, 15) is 0 Å². The van der Waals surface area contributed by atoms with Gasteiger partial charge in [0, 0.05) is 37.6 Å². The summed E-state index contributed by atoms with van der Waals surface area (Å²) < 4.78 is 0. The number of nitrogens with one attached hydrogen (secondary N) is 4. The average Bonchev–Trinajstić information content (AvgIpc) is 3.62. The summed E-state index contributed by atoms with van der Waals surface area (Å²) in [4.78, 5) is 0. The molecule has 0 radical (unpaired) electrons. The highest BCUT2D eigenvalue weighted by Crippen LogP contribution is 2.38. The molecule has 0 unspecified atom stereocenters. The molecule has 4 N–H and O–H groups in total. The molecule has 5 aromatic rings. The molecule has 5 aromatic carbocycles. The average molecular weight is 725 g/mol. The van der Waals surface area contributed by atoms with Gasteiger partial charge in [0.15, 0.2) is 0 Å². The minimum absolute atomic E-state index is 0. The van der Waals surface area contributed by atoms with E-state index in [0.717, 1.165) is 65.0 Å². The van der Waals surface area contributed by atoms with E-state index in [4.69, 9.17) is 0 Å². The van der Waals surface area contributed by atoms with Crippen molar-refractivity contribution in [3.8, 4) is 22.3 Å². The Balaban J connectivity index is 0.00000156. The minimum atomic E-state index is 0. The van der Waals surface area contributed by atoms with E-state index in [1.807, 2.05) is 0 Å². The fraction of sp³-hybridized carbons (Fsp3) is 0.250. The van der Waals surface area contributed by atoms with Gasteiger partial charge in [0.2, 0.25) is 0 Å².